The normalized spacial score (nSPS) is 16.8. The number of thiophene rings is 1. The average Bonchev–Trinajstić information content (AvgIpc) is 3.62. The van der Waals surface area contributed by atoms with E-state index < -0.39 is 0 Å². The summed E-state index contributed by atoms with van der Waals surface area (Å²) in [5.74, 6) is 4.12. The maximum Gasteiger partial charge on any atom is 0.231 e. The number of hydrogen-bond donors (Lipinski definition) is 0. The highest BCUT2D eigenvalue weighted by Crippen LogP contribution is 2.39. The molecule has 170 valence electrons. The monoisotopic (exact) mass is 496 g/mol. The molecular formula is C24H24N4O2S3. The van der Waals surface area contributed by atoms with Crippen LogP contribution in [0.3, 0.4) is 0 Å². The fourth-order valence-electron chi connectivity index (χ4n) is 4.42. The van der Waals surface area contributed by atoms with Crippen LogP contribution in [0.25, 0.3) is 22.0 Å². The van der Waals surface area contributed by atoms with Crippen molar-refractivity contribution < 1.29 is 9.47 Å². The third-order valence-corrected chi connectivity index (χ3v) is 9.19. The predicted octanol–water partition coefficient (Wildman–Crippen LogP) is 6.30. The summed E-state index contributed by atoms with van der Waals surface area (Å²) in [6.07, 6.45) is 3.60. The minimum absolute atomic E-state index is 0.284. The minimum Gasteiger partial charge on any atom is -0.454 e. The highest BCUT2D eigenvalue weighted by molar-refractivity contribution is 7.98. The largest absolute Gasteiger partial charge is 0.454 e. The first-order valence-corrected chi connectivity index (χ1v) is 13.9. The lowest BCUT2D eigenvalue weighted by Gasteiger charge is -2.19. The number of thioether (sulfide) groups is 1. The van der Waals surface area contributed by atoms with Gasteiger partial charge in [-0.25, -0.2) is 4.98 Å². The molecule has 3 aromatic heterocycles. The first kappa shape index (κ1) is 21.2. The van der Waals surface area contributed by atoms with Crippen LogP contribution in [-0.2, 0) is 25.1 Å². The van der Waals surface area contributed by atoms with Gasteiger partial charge < -0.3 is 14.0 Å². The number of fused-ring (bicyclic) bond motifs is 2. The zero-order valence-electron chi connectivity index (χ0n) is 18.5. The molecule has 9 heteroatoms. The molecule has 1 atom stereocenters. The van der Waals surface area contributed by atoms with Crippen molar-refractivity contribution in [3.8, 4) is 33.5 Å². The molecule has 1 aliphatic carbocycles. The molecular weight excluding hydrogens is 472 g/mol. The van der Waals surface area contributed by atoms with Gasteiger partial charge in [-0.05, 0) is 55.9 Å². The highest BCUT2D eigenvalue weighted by Gasteiger charge is 2.24. The Morgan fingerprint density at radius 3 is 2.97 bits per heavy atom. The summed E-state index contributed by atoms with van der Waals surface area (Å²) >= 11 is 5.24. The van der Waals surface area contributed by atoms with Crippen molar-refractivity contribution in [3.05, 3.63) is 45.1 Å². The molecule has 0 bridgehead atoms. The van der Waals surface area contributed by atoms with E-state index in [-0.39, 0.29) is 6.79 Å². The second kappa shape index (κ2) is 8.77. The van der Waals surface area contributed by atoms with Crippen LogP contribution in [0.1, 0.15) is 36.4 Å². The number of aromatic nitrogens is 4. The molecule has 0 radical (unpaired) electrons. The average molecular weight is 497 g/mol. The van der Waals surface area contributed by atoms with E-state index in [9.17, 15) is 0 Å². The van der Waals surface area contributed by atoms with Crippen molar-refractivity contribution in [2.75, 3.05) is 6.79 Å². The van der Waals surface area contributed by atoms with E-state index in [2.05, 4.69) is 39.4 Å². The molecule has 0 saturated heterocycles. The van der Waals surface area contributed by atoms with Crippen LogP contribution in [0.2, 0.25) is 0 Å². The van der Waals surface area contributed by atoms with Gasteiger partial charge in [-0.3, -0.25) is 0 Å². The Kier molecular flexibility index (Phi) is 5.63. The first-order chi connectivity index (χ1) is 16.2. The van der Waals surface area contributed by atoms with Crippen LogP contribution < -0.4 is 9.47 Å². The Balaban J connectivity index is 1.20. The maximum atomic E-state index is 5.50. The number of benzene rings is 1. The van der Waals surface area contributed by atoms with Crippen LogP contribution >= 0.6 is 34.4 Å². The van der Waals surface area contributed by atoms with Gasteiger partial charge >= 0.3 is 0 Å². The number of hydrogen-bond acceptors (Lipinski definition) is 8. The third-order valence-electron chi connectivity index (χ3n) is 6.20. The summed E-state index contributed by atoms with van der Waals surface area (Å²) in [6.45, 7) is 5.65. The number of thiazole rings is 1. The summed E-state index contributed by atoms with van der Waals surface area (Å²) in [7, 11) is 0. The number of nitrogens with zero attached hydrogens (tertiary/aromatic N) is 4. The molecule has 4 aromatic rings. The smallest absolute Gasteiger partial charge is 0.231 e. The summed E-state index contributed by atoms with van der Waals surface area (Å²) in [5.41, 5.74) is 4.87. The number of rotatable bonds is 6. The summed E-state index contributed by atoms with van der Waals surface area (Å²) < 4.78 is 13.2. The van der Waals surface area contributed by atoms with Crippen LogP contribution in [0.15, 0.2) is 34.1 Å². The molecule has 6 rings (SSSR count). The van der Waals surface area contributed by atoms with E-state index in [1.807, 2.05) is 29.5 Å². The van der Waals surface area contributed by atoms with Crippen molar-refractivity contribution in [1.29, 1.82) is 0 Å². The fraction of sp³-hybridized carbons (Fsp3) is 0.375. The Morgan fingerprint density at radius 1 is 1.15 bits per heavy atom. The quantitative estimate of drug-likeness (QED) is 0.292. The zero-order chi connectivity index (χ0) is 22.4. The van der Waals surface area contributed by atoms with Gasteiger partial charge in [-0.2, -0.15) is 0 Å². The van der Waals surface area contributed by atoms with Gasteiger partial charge in [0.05, 0.1) is 5.69 Å². The second-order valence-electron chi connectivity index (χ2n) is 8.45. The van der Waals surface area contributed by atoms with E-state index in [1.54, 1.807) is 23.1 Å². The van der Waals surface area contributed by atoms with Crippen LogP contribution in [0.5, 0.6) is 11.5 Å². The SMILES string of the molecule is CCn1c(SCc2csc(-c3ccc4c(c3)OCO4)n2)nnc1-c1csc2c1CC[C@H](C)C2. The molecule has 2 aliphatic rings. The molecule has 1 aliphatic heterocycles. The zero-order valence-corrected chi connectivity index (χ0v) is 21.0. The topological polar surface area (TPSA) is 62.1 Å². The number of ether oxygens (including phenoxy) is 2. The van der Waals surface area contributed by atoms with Crippen LogP contribution in [-0.4, -0.2) is 26.5 Å². The molecule has 0 N–H and O–H groups in total. The Bertz CT molecular complexity index is 1310. The van der Waals surface area contributed by atoms with E-state index in [0.717, 1.165) is 63.4 Å². The van der Waals surface area contributed by atoms with Gasteiger partial charge in [0, 0.05) is 39.1 Å². The van der Waals surface area contributed by atoms with Crippen LogP contribution in [0, 0.1) is 5.92 Å². The van der Waals surface area contributed by atoms with E-state index in [0.29, 0.717) is 0 Å². The second-order valence-corrected chi connectivity index (χ2v) is 11.2. The third kappa shape index (κ3) is 3.96. The van der Waals surface area contributed by atoms with Gasteiger partial charge in [-0.15, -0.1) is 32.9 Å². The molecule has 0 spiro atoms. The molecule has 4 heterocycles. The minimum atomic E-state index is 0.284. The Morgan fingerprint density at radius 2 is 2.06 bits per heavy atom. The summed E-state index contributed by atoms with van der Waals surface area (Å²) in [4.78, 5) is 6.37. The fourth-order valence-corrected chi connectivity index (χ4v) is 7.48. The highest BCUT2D eigenvalue weighted by atomic mass is 32.2. The lowest BCUT2D eigenvalue weighted by atomic mass is 9.88. The Hall–Kier alpha value is -2.36. The first-order valence-electron chi connectivity index (χ1n) is 11.2. The van der Waals surface area contributed by atoms with E-state index in [4.69, 9.17) is 14.5 Å². The van der Waals surface area contributed by atoms with Crippen molar-refractivity contribution in [1.82, 2.24) is 19.7 Å². The summed E-state index contributed by atoms with van der Waals surface area (Å²) in [5, 5.41) is 15.5. The molecule has 0 saturated carbocycles. The summed E-state index contributed by atoms with van der Waals surface area (Å²) in [6, 6.07) is 5.98. The van der Waals surface area contributed by atoms with Crippen molar-refractivity contribution in [2.24, 2.45) is 5.92 Å². The van der Waals surface area contributed by atoms with Crippen molar-refractivity contribution >= 4 is 34.4 Å². The molecule has 0 amide bonds. The van der Waals surface area contributed by atoms with Gasteiger partial charge in [0.1, 0.15) is 5.01 Å². The predicted molar refractivity (Wildman–Crippen MR) is 133 cm³/mol. The van der Waals surface area contributed by atoms with Crippen LogP contribution in [0.4, 0.5) is 0 Å². The molecule has 0 unspecified atom stereocenters. The maximum absolute atomic E-state index is 5.50. The van der Waals surface area contributed by atoms with E-state index in [1.165, 1.54) is 28.8 Å². The van der Waals surface area contributed by atoms with E-state index >= 15 is 0 Å². The van der Waals surface area contributed by atoms with Gasteiger partial charge in [0.2, 0.25) is 6.79 Å². The van der Waals surface area contributed by atoms with Crippen molar-refractivity contribution in [3.63, 3.8) is 0 Å². The van der Waals surface area contributed by atoms with Gasteiger partial charge in [-0.1, -0.05) is 18.7 Å². The van der Waals surface area contributed by atoms with Crippen molar-refractivity contribution in [2.45, 2.75) is 50.6 Å². The van der Waals surface area contributed by atoms with Gasteiger partial charge in [0.15, 0.2) is 22.5 Å². The molecule has 6 nitrogen and oxygen atoms in total. The lowest BCUT2D eigenvalue weighted by Crippen LogP contribution is -2.10. The molecule has 33 heavy (non-hydrogen) atoms. The lowest BCUT2D eigenvalue weighted by molar-refractivity contribution is 0.174. The Labute approximate surface area is 205 Å². The molecule has 0 fully saturated rings. The standard InChI is InChI=1S/C24H24N4O2S3/c1-3-28-22(18-12-31-21-8-14(2)4-6-17(18)21)26-27-24(28)33-11-16-10-32-23(25-16)15-5-7-19-20(9-15)30-13-29-19/h5,7,9-10,12,14H,3-4,6,8,11,13H2,1-2H3/t14-/m0/s1. The van der Waals surface area contributed by atoms with Gasteiger partial charge in [0.25, 0.3) is 0 Å². The molecule has 1 aromatic carbocycles.